The van der Waals surface area contributed by atoms with E-state index < -0.39 is 0 Å². The quantitative estimate of drug-likeness (QED) is 0.822. The molecule has 0 unspecified atom stereocenters. The maximum atomic E-state index is 13.0. The van der Waals surface area contributed by atoms with Crippen molar-refractivity contribution in [3.8, 4) is 5.75 Å². The van der Waals surface area contributed by atoms with Crippen LogP contribution in [0.25, 0.3) is 5.70 Å². The molecule has 4 heterocycles. The van der Waals surface area contributed by atoms with Gasteiger partial charge in [0.05, 0.1) is 7.11 Å². The number of benzene rings is 2. The van der Waals surface area contributed by atoms with E-state index in [1.165, 1.54) is 18.4 Å². The number of ether oxygens (including phenoxy) is 1. The molecule has 28 heavy (non-hydrogen) atoms. The van der Waals surface area contributed by atoms with Crippen molar-refractivity contribution in [1.82, 2.24) is 9.80 Å². The molecule has 1 saturated carbocycles. The van der Waals surface area contributed by atoms with Crippen LogP contribution in [0.5, 0.6) is 5.75 Å². The average Bonchev–Trinajstić information content (AvgIpc) is 2.98. The Morgan fingerprint density at radius 2 is 1.79 bits per heavy atom. The van der Waals surface area contributed by atoms with E-state index in [0.717, 1.165) is 41.6 Å². The highest BCUT2D eigenvalue weighted by Crippen LogP contribution is 2.51. The van der Waals surface area contributed by atoms with Crippen LogP contribution < -0.4 is 4.74 Å². The van der Waals surface area contributed by atoms with Crippen LogP contribution in [-0.2, 0) is 6.54 Å². The number of hydrogen-bond donors (Lipinski definition) is 0. The third-order valence-electron chi connectivity index (χ3n) is 7.25. The third kappa shape index (κ3) is 2.24. The number of methoxy groups -OCH3 is 1. The lowest BCUT2D eigenvalue weighted by atomic mass is 9.63. The normalized spacial score (nSPS) is 30.1. The second-order valence-electron chi connectivity index (χ2n) is 8.56. The Kier molecular flexibility index (Phi) is 3.48. The molecule has 2 aromatic rings. The van der Waals surface area contributed by atoms with Crippen LogP contribution in [0.2, 0.25) is 0 Å². The van der Waals surface area contributed by atoms with Crippen molar-refractivity contribution in [3.63, 3.8) is 0 Å². The van der Waals surface area contributed by atoms with Gasteiger partial charge in [0.1, 0.15) is 5.75 Å². The predicted octanol–water partition coefficient (Wildman–Crippen LogP) is 3.78. The van der Waals surface area contributed by atoms with Crippen molar-refractivity contribution in [2.24, 2.45) is 11.8 Å². The molecule has 3 fully saturated rings. The Morgan fingerprint density at radius 1 is 1.04 bits per heavy atom. The van der Waals surface area contributed by atoms with Crippen LogP contribution in [-0.4, -0.2) is 41.4 Å². The fourth-order valence-corrected chi connectivity index (χ4v) is 5.71. The first kappa shape index (κ1) is 16.4. The van der Waals surface area contributed by atoms with Crippen LogP contribution in [0.1, 0.15) is 34.3 Å². The van der Waals surface area contributed by atoms with Gasteiger partial charge in [-0.2, -0.15) is 0 Å². The van der Waals surface area contributed by atoms with Crippen molar-refractivity contribution >= 4 is 11.6 Å². The standard InChI is InChI=1S/C24H24N2O2/c1-28-18-8-6-15(7-9-18)13-25-17-10-16(11-17)21-12-22-19-4-2-3-5-20(19)24(27)26(22)14-23(21)25/h2-9,12,16-17,21,23H,10-11,13-14H2,1H3/t16?,17?,21-,23+/m0/s1. The number of nitrogens with zero attached hydrogens (tertiary/aromatic N) is 2. The SMILES string of the molecule is COc1ccc(CN2C3CC(C3)[C@@H]3C=C4c5ccccc5C(=O)N4C[C@H]32)cc1. The number of hydrogen-bond acceptors (Lipinski definition) is 3. The maximum Gasteiger partial charge on any atom is 0.259 e. The van der Waals surface area contributed by atoms with E-state index in [4.69, 9.17) is 4.74 Å². The molecule has 4 heteroatoms. The molecule has 2 aromatic carbocycles. The Balaban J connectivity index is 1.32. The van der Waals surface area contributed by atoms with Gasteiger partial charge in [-0.25, -0.2) is 0 Å². The molecule has 2 saturated heterocycles. The summed E-state index contributed by atoms with van der Waals surface area (Å²) in [6.07, 6.45) is 4.99. The second kappa shape index (κ2) is 5.95. The highest BCUT2D eigenvalue weighted by Gasteiger charge is 2.53. The molecule has 4 nitrogen and oxygen atoms in total. The molecule has 0 radical (unpaired) electrons. The van der Waals surface area contributed by atoms with E-state index in [0.29, 0.717) is 18.0 Å². The van der Waals surface area contributed by atoms with Crippen LogP contribution in [0, 0.1) is 11.8 Å². The summed E-state index contributed by atoms with van der Waals surface area (Å²) < 4.78 is 5.30. The summed E-state index contributed by atoms with van der Waals surface area (Å²) in [7, 11) is 1.70. The Bertz CT molecular complexity index is 974. The Morgan fingerprint density at radius 3 is 2.54 bits per heavy atom. The summed E-state index contributed by atoms with van der Waals surface area (Å²) in [5.41, 5.74) is 4.45. The fraction of sp³-hybridized carbons (Fsp3) is 0.375. The molecular weight excluding hydrogens is 348 g/mol. The van der Waals surface area contributed by atoms with Gasteiger partial charge in [0.15, 0.2) is 0 Å². The molecule has 5 aliphatic rings. The van der Waals surface area contributed by atoms with Crippen molar-refractivity contribution in [2.75, 3.05) is 13.7 Å². The van der Waals surface area contributed by atoms with Crippen LogP contribution >= 0.6 is 0 Å². The van der Waals surface area contributed by atoms with E-state index >= 15 is 0 Å². The topological polar surface area (TPSA) is 32.8 Å². The summed E-state index contributed by atoms with van der Waals surface area (Å²) in [6.45, 7) is 1.76. The summed E-state index contributed by atoms with van der Waals surface area (Å²) >= 11 is 0. The van der Waals surface area contributed by atoms with E-state index in [9.17, 15) is 4.79 Å². The van der Waals surface area contributed by atoms with Gasteiger partial charge in [-0.1, -0.05) is 36.4 Å². The molecule has 2 atom stereocenters. The first-order chi connectivity index (χ1) is 13.7. The van der Waals surface area contributed by atoms with Crippen molar-refractivity contribution in [2.45, 2.75) is 31.5 Å². The van der Waals surface area contributed by atoms with Gasteiger partial charge < -0.3 is 9.64 Å². The van der Waals surface area contributed by atoms with E-state index in [2.05, 4.69) is 29.2 Å². The van der Waals surface area contributed by atoms with Gasteiger partial charge in [-0.15, -0.1) is 0 Å². The summed E-state index contributed by atoms with van der Waals surface area (Å²) in [4.78, 5) is 17.7. The molecule has 4 aliphatic heterocycles. The van der Waals surface area contributed by atoms with Crippen molar-refractivity contribution in [1.29, 1.82) is 0 Å². The maximum absolute atomic E-state index is 13.0. The lowest BCUT2D eigenvalue weighted by Crippen LogP contribution is -2.64. The predicted molar refractivity (Wildman–Crippen MR) is 108 cm³/mol. The first-order valence-electron chi connectivity index (χ1n) is 10.2. The zero-order valence-electron chi connectivity index (χ0n) is 16.0. The molecule has 0 N–H and O–H groups in total. The molecule has 142 valence electrons. The number of piperidine rings is 2. The molecule has 1 aliphatic carbocycles. The minimum absolute atomic E-state index is 0.170. The van der Waals surface area contributed by atoms with Gasteiger partial charge in [0.25, 0.3) is 5.91 Å². The average molecular weight is 372 g/mol. The number of fused-ring (bicyclic) bond motifs is 3. The smallest absolute Gasteiger partial charge is 0.259 e. The minimum Gasteiger partial charge on any atom is -0.497 e. The molecule has 0 spiro atoms. The van der Waals surface area contributed by atoms with Crippen LogP contribution in [0.3, 0.4) is 0 Å². The number of carbonyl (C=O) groups is 1. The van der Waals surface area contributed by atoms with Gasteiger partial charge in [-0.3, -0.25) is 9.69 Å². The number of carbonyl (C=O) groups excluding carboxylic acids is 1. The highest BCUT2D eigenvalue weighted by atomic mass is 16.5. The zero-order valence-corrected chi connectivity index (χ0v) is 16.0. The van der Waals surface area contributed by atoms with Gasteiger partial charge >= 0.3 is 0 Å². The molecule has 1 amide bonds. The summed E-state index contributed by atoms with van der Waals surface area (Å²) in [6, 6.07) is 17.6. The van der Waals surface area contributed by atoms with E-state index in [1.54, 1.807) is 7.11 Å². The summed E-state index contributed by atoms with van der Waals surface area (Å²) in [5, 5.41) is 0. The lowest BCUT2D eigenvalue weighted by molar-refractivity contribution is -0.0771. The van der Waals surface area contributed by atoms with E-state index in [-0.39, 0.29) is 5.91 Å². The van der Waals surface area contributed by atoms with Gasteiger partial charge in [-0.05, 0) is 48.4 Å². The Hall–Kier alpha value is -2.59. The van der Waals surface area contributed by atoms with Crippen molar-refractivity contribution < 1.29 is 9.53 Å². The molecular formula is C24H24N2O2. The fourth-order valence-electron chi connectivity index (χ4n) is 5.71. The zero-order chi connectivity index (χ0) is 18.8. The third-order valence-corrected chi connectivity index (χ3v) is 7.25. The Labute approximate surface area is 165 Å². The van der Waals surface area contributed by atoms with Crippen LogP contribution in [0.15, 0.2) is 54.6 Å². The van der Waals surface area contributed by atoms with Gasteiger partial charge in [0, 0.05) is 42.0 Å². The first-order valence-corrected chi connectivity index (χ1v) is 10.2. The summed E-state index contributed by atoms with van der Waals surface area (Å²) in [5.74, 6) is 2.40. The largest absolute Gasteiger partial charge is 0.497 e. The van der Waals surface area contributed by atoms with Crippen LogP contribution in [0.4, 0.5) is 0 Å². The van der Waals surface area contributed by atoms with Crippen molar-refractivity contribution in [3.05, 3.63) is 71.3 Å². The molecule has 0 aromatic heterocycles. The van der Waals surface area contributed by atoms with Gasteiger partial charge in [0.2, 0.25) is 0 Å². The second-order valence-corrected chi connectivity index (χ2v) is 8.56. The highest BCUT2D eigenvalue weighted by molar-refractivity contribution is 6.09. The molecule has 7 rings (SSSR count). The molecule has 2 bridgehead atoms. The number of rotatable bonds is 3. The monoisotopic (exact) mass is 372 g/mol. The minimum atomic E-state index is 0.170. The lowest BCUT2D eigenvalue weighted by Gasteiger charge is -2.59. The van der Waals surface area contributed by atoms with E-state index in [1.807, 2.05) is 35.2 Å². The number of amides is 1.